The van der Waals surface area contributed by atoms with Crippen LogP contribution in [0.5, 0.6) is 0 Å². The SMILES string of the molecule is CO[C@@H]1O[C@H]2CO[C@H](c3ccccc3)O[C@H]2[C@H](OC(=O)c2ccccc2)[C@H]1OC(=O)c1ccccc1. The maximum absolute atomic E-state index is 13.1. The summed E-state index contributed by atoms with van der Waals surface area (Å²) >= 11 is 0. The molecule has 2 fully saturated rings. The number of esters is 2. The van der Waals surface area contributed by atoms with E-state index in [-0.39, 0.29) is 6.61 Å². The minimum Gasteiger partial charge on any atom is -0.452 e. The second-order valence-corrected chi connectivity index (χ2v) is 8.43. The van der Waals surface area contributed by atoms with E-state index in [0.717, 1.165) is 5.56 Å². The van der Waals surface area contributed by atoms with E-state index in [9.17, 15) is 9.59 Å². The molecule has 2 aliphatic heterocycles. The van der Waals surface area contributed by atoms with Gasteiger partial charge in [0.2, 0.25) is 0 Å². The molecular formula is C28H26O8. The van der Waals surface area contributed by atoms with Crippen LogP contribution in [0.3, 0.4) is 0 Å². The zero-order chi connectivity index (χ0) is 24.9. The minimum atomic E-state index is -1.09. The summed E-state index contributed by atoms with van der Waals surface area (Å²) < 4.78 is 35.5. The van der Waals surface area contributed by atoms with Gasteiger partial charge in [-0.3, -0.25) is 0 Å². The molecule has 0 aromatic heterocycles. The van der Waals surface area contributed by atoms with Crippen molar-refractivity contribution in [3.8, 4) is 0 Å². The van der Waals surface area contributed by atoms with Crippen LogP contribution in [-0.2, 0) is 28.4 Å². The fourth-order valence-electron chi connectivity index (χ4n) is 4.31. The highest BCUT2D eigenvalue weighted by Crippen LogP contribution is 2.37. The third-order valence-electron chi connectivity index (χ3n) is 6.09. The van der Waals surface area contributed by atoms with Crippen LogP contribution >= 0.6 is 0 Å². The normalized spacial score (nSPS) is 27.5. The second kappa shape index (κ2) is 11.0. The lowest BCUT2D eigenvalue weighted by Gasteiger charge is -2.47. The zero-order valence-corrected chi connectivity index (χ0v) is 19.6. The molecule has 0 aliphatic carbocycles. The van der Waals surface area contributed by atoms with Crippen molar-refractivity contribution >= 4 is 11.9 Å². The maximum atomic E-state index is 13.1. The van der Waals surface area contributed by atoms with E-state index in [4.69, 9.17) is 28.4 Å². The van der Waals surface area contributed by atoms with Gasteiger partial charge in [0.05, 0.1) is 17.7 Å². The smallest absolute Gasteiger partial charge is 0.338 e. The van der Waals surface area contributed by atoms with Crippen molar-refractivity contribution in [2.75, 3.05) is 13.7 Å². The van der Waals surface area contributed by atoms with Crippen LogP contribution in [0.25, 0.3) is 0 Å². The van der Waals surface area contributed by atoms with Crippen molar-refractivity contribution in [2.45, 2.75) is 37.0 Å². The summed E-state index contributed by atoms with van der Waals surface area (Å²) in [5, 5.41) is 0. The lowest BCUT2D eigenvalue weighted by atomic mass is 9.97. The molecule has 0 unspecified atom stereocenters. The number of benzene rings is 3. The average Bonchev–Trinajstić information content (AvgIpc) is 2.95. The molecule has 2 saturated heterocycles. The zero-order valence-electron chi connectivity index (χ0n) is 19.6. The van der Waals surface area contributed by atoms with Crippen LogP contribution in [-0.4, -0.2) is 56.4 Å². The van der Waals surface area contributed by atoms with Gasteiger partial charge < -0.3 is 28.4 Å². The highest BCUT2D eigenvalue weighted by Gasteiger charge is 2.54. The highest BCUT2D eigenvalue weighted by molar-refractivity contribution is 5.90. The number of methoxy groups -OCH3 is 1. The van der Waals surface area contributed by atoms with Gasteiger partial charge in [-0.25, -0.2) is 9.59 Å². The second-order valence-electron chi connectivity index (χ2n) is 8.43. The molecule has 2 aliphatic rings. The van der Waals surface area contributed by atoms with Crippen LogP contribution in [0, 0.1) is 0 Å². The minimum absolute atomic E-state index is 0.169. The first kappa shape index (κ1) is 24.1. The van der Waals surface area contributed by atoms with Gasteiger partial charge in [0.25, 0.3) is 0 Å². The maximum Gasteiger partial charge on any atom is 0.338 e. The fraction of sp³-hybridized carbons (Fsp3) is 0.286. The molecular weight excluding hydrogens is 464 g/mol. The topological polar surface area (TPSA) is 89.5 Å². The summed E-state index contributed by atoms with van der Waals surface area (Å²) in [6, 6.07) is 26.5. The lowest BCUT2D eigenvalue weighted by Crippen LogP contribution is -2.64. The molecule has 0 amide bonds. The van der Waals surface area contributed by atoms with Crippen molar-refractivity contribution < 1.29 is 38.0 Å². The van der Waals surface area contributed by atoms with E-state index in [0.29, 0.717) is 11.1 Å². The molecule has 8 heteroatoms. The van der Waals surface area contributed by atoms with Crippen LogP contribution in [0.15, 0.2) is 91.0 Å². The van der Waals surface area contributed by atoms with Gasteiger partial charge in [0.1, 0.15) is 12.2 Å². The van der Waals surface area contributed by atoms with E-state index < -0.39 is 48.9 Å². The third kappa shape index (κ3) is 5.17. The van der Waals surface area contributed by atoms with E-state index in [1.165, 1.54) is 7.11 Å². The molecule has 0 N–H and O–H groups in total. The number of carbonyl (C=O) groups excluding carboxylic acids is 2. The van der Waals surface area contributed by atoms with Crippen LogP contribution < -0.4 is 0 Å². The van der Waals surface area contributed by atoms with Gasteiger partial charge in [0.15, 0.2) is 24.8 Å². The van der Waals surface area contributed by atoms with Gasteiger partial charge in [-0.2, -0.15) is 0 Å². The highest BCUT2D eigenvalue weighted by atomic mass is 16.8. The Kier molecular flexibility index (Phi) is 7.39. The van der Waals surface area contributed by atoms with Crippen molar-refractivity contribution in [1.82, 2.24) is 0 Å². The molecule has 0 saturated carbocycles. The molecule has 0 spiro atoms. The van der Waals surface area contributed by atoms with Crippen LogP contribution in [0.1, 0.15) is 32.6 Å². The molecule has 0 radical (unpaired) electrons. The van der Waals surface area contributed by atoms with Crippen LogP contribution in [0.2, 0.25) is 0 Å². The molecule has 3 aromatic carbocycles. The predicted molar refractivity (Wildman–Crippen MR) is 127 cm³/mol. The summed E-state index contributed by atoms with van der Waals surface area (Å²) in [5.41, 5.74) is 1.50. The number of carbonyl (C=O) groups is 2. The van der Waals surface area contributed by atoms with E-state index in [2.05, 4.69) is 0 Å². The summed E-state index contributed by atoms with van der Waals surface area (Å²) in [5.74, 6) is -1.18. The molecule has 186 valence electrons. The summed E-state index contributed by atoms with van der Waals surface area (Å²) in [7, 11) is 1.43. The Morgan fingerprint density at radius 2 is 1.25 bits per heavy atom. The number of ether oxygens (including phenoxy) is 6. The van der Waals surface area contributed by atoms with Crippen molar-refractivity contribution in [3.63, 3.8) is 0 Å². The average molecular weight is 491 g/mol. The van der Waals surface area contributed by atoms with Gasteiger partial charge in [0, 0.05) is 12.7 Å². The molecule has 2 heterocycles. The Hall–Kier alpha value is -3.56. The molecule has 5 rings (SSSR count). The van der Waals surface area contributed by atoms with Gasteiger partial charge in [-0.15, -0.1) is 0 Å². The van der Waals surface area contributed by atoms with Gasteiger partial charge in [-0.05, 0) is 24.3 Å². The molecule has 36 heavy (non-hydrogen) atoms. The lowest BCUT2D eigenvalue weighted by molar-refractivity contribution is -0.356. The first-order chi connectivity index (χ1) is 17.6. The largest absolute Gasteiger partial charge is 0.452 e. The number of hydrogen-bond donors (Lipinski definition) is 0. The van der Waals surface area contributed by atoms with E-state index in [1.807, 2.05) is 30.3 Å². The molecule has 8 nitrogen and oxygen atoms in total. The molecule has 0 bridgehead atoms. The Morgan fingerprint density at radius 3 is 1.81 bits per heavy atom. The van der Waals surface area contributed by atoms with Crippen molar-refractivity contribution in [3.05, 3.63) is 108 Å². The van der Waals surface area contributed by atoms with E-state index in [1.54, 1.807) is 60.7 Å². The first-order valence-electron chi connectivity index (χ1n) is 11.7. The fourth-order valence-corrected chi connectivity index (χ4v) is 4.31. The number of fused-ring (bicyclic) bond motifs is 1. The van der Waals surface area contributed by atoms with Crippen molar-refractivity contribution in [2.24, 2.45) is 0 Å². The Balaban J connectivity index is 1.46. The van der Waals surface area contributed by atoms with Crippen LogP contribution in [0.4, 0.5) is 0 Å². The Morgan fingerprint density at radius 1 is 0.722 bits per heavy atom. The third-order valence-corrected chi connectivity index (χ3v) is 6.09. The number of rotatable bonds is 6. The summed E-state index contributed by atoms with van der Waals surface area (Å²) in [6.07, 6.45) is -5.23. The molecule has 6 atom stereocenters. The number of hydrogen-bond acceptors (Lipinski definition) is 8. The van der Waals surface area contributed by atoms with E-state index >= 15 is 0 Å². The van der Waals surface area contributed by atoms with Gasteiger partial charge >= 0.3 is 11.9 Å². The monoisotopic (exact) mass is 490 g/mol. The Labute approximate surface area is 208 Å². The van der Waals surface area contributed by atoms with Gasteiger partial charge in [-0.1, -0.05) is 66.7 Å². The quantitative estimate of drug-likeness (QED) is 0.481. The first-order valence-corrected chi connectivity index (χ1v) is 11.7. The Bertz CT molecular complexity index is 1150. The predicted octanol–water partition coefficient (Wildman–Crippen LogP) is 3.92. The summed E-state index contributed by atoms with van der Waals surface area (Å²) in [6.45, 7) is 0.169. The molecule has 3 aromatic rings. The van der Waals surface area contributed by atoms with Crippen molar-refractivity contribution in [1.29, 1.82) is 0 Å². The standard InChI is InChI=1S/C28H26O8/c1-31-28-24(35-26(30)19-13-7-3-8-14-19)23(34-25(29)18-11-5-2-6-12-18)22-21(33-28)17-32-27(36-22)20-15-9-4-10-16-20/h2-16,21-24,27-28H,17H2,1H3/t21-,22+,23-,24+,27-,28+/m0/s1. The summed E-state index contributed by atoms with van der Waals surface area (Å²) in [4.78, 5) is 26.1.